The molecular formula is C14H16Cl2N4O2S2. The van der Waals surface area contributed by atoms with Crippen molar-refractivity contribution in [3.05, 3.63) is 33.5 Å². The van der Waals surface area contributed by atoms with Gasteiger partial charge in [0.2, 0.25) is 10.0 Å². The number of hydrogen-bond acceptors (Lipinski definition) is 6. The highest BCUT2D eigenvalue weighted by atomic mass is 35.5. The first-order valence-corrected chi connectivity index (χ1v) is 10.6. The molecule has 1 saturated heterocycles. The lowest BCUT2D eigenvalue weighted by atomic mass is 10.3. The van der Waals surface area contributed by atoms with E-state index in [0.717, 1.165) is 23.9 Å². The molecule has 0 spiro atoms. The first kappa shape index (κ1) is 17.9. The van der Waals surface area contributed by atoms with E-state index in [4.69, 9.17) is 23.2 Å². The average molecular weight is 407 g/mol. The molecular weight excluding hydrogens is 391 g/mol. The van der Waals surface area contributed by atoms with Crippen molar-refractivity contribution in [1.29, 1.82) is 0 Å². The van der Waals surface area contributed by atoms with Gasteiger partial charge in [-0.05, 0) is 25.0 Å². The first-order valence-electron chi connectivity index (χ1n) is 7.47. The highest BCUT2D eigenvalue weighted by Crippen LogP contribution is 2.25. The average Bonchev–Trinajstić information content (AvgIpc) is 3.17. The summed E-state index contributed by atoms with van der Waals surface area (Å²) in [5.41, 5.74) is 0.880. The van der Waals surface area contributed by atoms with Crippen LogP contribution in [0.2, 0.25) is 10.3 Å². The summed E-state index contributed by atoms with van der Waals surface area (Å²) in [6.45, 7) is 2.33. The molecule has 0 aliphatic carbocycles. The maximum absolute atomic E-state index is 12.3. The standard InChI is InChI=1S/C14H16Cl2N4O2S2/c15-12-4-3-11(13(16)19-12)24(21,22)17-6-5-10-9-23-14(18-10)20-7-1-2-8-20/h3-4,9,17H,1-2,5-8H2. The third kappa shape index (κ3) is 4.18. The molecule has 130 valence electrons. The van der Waals surface area contributed by atoms with Crippen LogP contribution in [0.4, 0.5) is 5.13 Å². The monoisotopic (exact) mass is 406 g/mol. The van der Waals surface area contributed by atoms with Crippen molar-refractivity contribution in [1.82, 2.24) is 14.7 Å². The molecule has 0 aromatic carbocycles. The second-order valence-corrected chi connectivity index (χ2v) is 8.70. The zero-order chi connectivity index (χ0) is 17.2. The van der Waals surface area contributed by atoms with E-state index >= 15 is 0 Å². The van der Waals surface area contributed by atoms with Crippen molar-refractivity contribution in [2.45, 2.75) is 24.2 Å². The van der Waals surface area contributed by atoms with Gasteiger partial charge < -0.3 is 4.90 Å². The van der Waals surface area contributed by atoms with Gasteiger partial charge in [0.15, 0.2) is 10.3 Å². The van der Waals surface area contributed by atoms with Crippen LogP contribution in [0.15, 0.2) is 22.4 Å². The van der Waals surface area contributed by atoms with E-state index in [9.17, 15) is 8.42 Å². The fraction of sp³-hybridized carbons (Fsp3) is 0.429. The molecule has 0 unspecified atom stereocenters. The maximum Gasteiger partial charge on any atom is 0.243 e. The second-order valence-electron chi connectivity index (χ2n) is 5.39. The molecule has 1 N–H and O–H groups in total. The Hall–Kier alpha value is -0.930. The number of nitrogens with one attached hydrogen (secondary N) is 1. The topological polar surface area (TPSA) is 75.2 Å². The fourth-order valence-corrected chi connectivity index (χ4v) is 5.06. The van der Waals surface area contributed by atoms with Crippen LogP contribution in [-0.2, 0) is 16.4 Å². The molecule has 0 saturated carbocycles. The van der Waals surface area contributed by atoms with E-state index < -0.39 is 10.0 Å². The van der Waals surface area contributed by atoms with Gasteiger partial charge in [-0.2, -0.15) is 0 Å². The van der Waals surface area contributed by atoms with Crippen LogP contribution in [0.1, 0.15) is 18.5 Å². The van der Waals surface area contributed by atoms with E-state index in [1.54, 1.807) is 11.3 Å². The van der Waals surface area contributed by atoms with E-state index in [-0.39, 0.29) is 21.7 Å². The molecule has 0 bridgehead atoms. The van der Waals surface area contributed by atoms with Gasteiger partial charge in [0.05, 0.1) is 5.69 Å². The molecule has 6 nitrogen and oxygen atoms in total. The lowest BCUT2D eigenvalue weighted by molar-refractivity contribution is 0.581. The molecule has 2 aromatic rings. The van der Waals surface area contributed by atoms with E-state index in [1.807, 2.05) is 5.38 Å². The number of hydrogen-bond donors (Lipinski definition) is 1. The number of sulfonamides is 1. The summed E-state index contributed by atoms with van der Waals surface area (Å²) >= 11 is 13.1. The Balaban J connectivity index is 1.59. The SMILES string of the molecule is O=S(=O)(NCCc1csc(N2CCCC2)n1)c1ccc(Cl)nc1Cl. The van der Waals surface area contributed by atoms with Crippen molar-refractivity contribution in [2.24, 2.45) is 0 Å². The molecule has 0 amide bonds. The zero-order valence-corrected chi connectivity index (χ0v) is 15.9. The minimum Gasteiger partial charge on any atom is -0.348 e. The predicted molar refractivity (Wildman–Crippen MR) is 96.7 cm³/mol. The Morgan fingerprint density at radius 1 is 1.21 bits per heavy atom. The van der Waals surface area contributed by atoms with Crippen LogP contribution in [0.25, 0.3) is 0 Å². The van der Waals surface area contributed by atoms with Crippen LogP contribution in [0.5, 0.6) is 0 Å². The van der Waals surface area contributed by atoms with Crippen LogP contribution >= 0.6 is 34.5 Å². The molecule has 3 heterocycles. The van der Waals surface area contributed by atoms with E-state index in [0.29, 0.717) is 6.42 Å². The summed E-state index contributed by atoms with van der Waals surface area (Å²) in [7, 11) is -3.72. The zero-order valence-electron chi connectivity index (χ0n) is 12.7. The molecule has 0 atom stereocenters. The molecule has 10 heteroatoms. The van der Waals surface area contributed by atoms with Gasteiger partial charge in [0.25, 0.3) is 0 Å². The minimum absolute atomic E-state index is 0.0791. The number of anilines is 1. The van der Waals surface area contributed by atoms with Crippen molar-refractivity contribution in [3.63, 3.8) is 0 Å². The number of rotatable bonds is 6. The van der Waals surface area contributed by atoms with Gasteiger partial charge >= 0.3 is 0 Å². The van der Waals surface area contributed by atoms with Crippen LogP contribution in [0, 0.1) is 0 Å². The Kier molecular flexibility index (Phi) is 5.61. The Bertz CT molecular complexity index is 820. The van der Waals surface area contributed by atoms with Crippen LogP contribution < -0.4 is 9.62 Å². The first-order chi connectivity index (χ1) is 11.5. The number of pyridine rings is 1. The van der Waals surface area contributed by atoms with Gasteiger partial charge in [-0.15, -0.1) is 11.3 Å². The van der Waals surface area contributed by atoms with Crippen LogP contribution in [0.3, 0.4) is 0 Å². The normalized spacial score (nSPS) is 15.2. The van der Waals surface area contributed by atoms with Gasteiger partial charge in [-0.1, -0.05) is 23.2 Å². The second kappa shape index (κ2) is 7.53. The van der Waals surface area contributed by atoms with Gasteiger partial charge in [0, 0.05) is 31.4 Å². The largest absolute Gasteiger partial charge is 0.348 e. The van der Waals surface area contributed by atoms with Crippen molar-refractivity contribution >= 4 is 49.7 Å². The molecule has 1 fully saturated rings. The number of halogens is 2. The smallest absolute Gasteiger partial charge is 0.243 e. The number of aromatic nitrogens is 2. The fourth-order valence-electron chi connectivity index (χ4n) is 2.46. The summed E-state index contributed by atoms with van der Waals surface area (Å²) in [5, 5.41) is 2.99. The summed E-state index contributed by atoms with van der Waals surface area (Å²) < 4.78 is 27.0. The predicted octanol–water partition coefficient (Wildman–Crippen LogP) is 2.97. The van der Waals surface area contributed by atoms with Gasteiger partial charge in [-0.3, -0.25) is 0 Å². The molecule has 1 aliphatic rings. The molecule has 1 aliphatic heterocycles. The third-order valence-corrected chi connectivity index (χ3v) is 6.71. The lowest BCUT2D eigenvalue weighted by Crippen LogP contribution is -2.26. The summed E-state index contributed by atoms with van der Waals surface area (Å²) in [6, 6.07) is 2.74. The number of thiazole rings is 1. The molecule has 2 aromatic heterocycles. The highest BCUT2D eigenvalue weighted by Gasteiger charge is 2.19. The maximum atomic E-state index is 12.3. The molecule has 0 radical (unpaired) electrons. The van der Waals surface area contributed by atoms with Crippen molar-refractivity contribution in [3.8, 4) is 0 Å². The Labute approximate surface area is 154 Å². The summed E-state index contributed by atoms with van der Waals surface area (Å²) in [5.74, 6) is 0. The summed E-state index contributed by atoms with van der Waals surface area (Å²) in [6.07, 6.45) is 2.91. The lowest BCUT2D eigenvalue weighted by Gasteiger charge is -2.12. The van der Waals surface area contributed by atoms with Crippen molar-refractivity contribution < 1.29 is 8.42 Å². The Morgan fingerprint density at radius 2 is 1.96 bits per heavy atom. The highest BCUT2D eigenvalue weighted by molar-refractivity contribution is 7.89. The van der Waals surface area contributed by atoms with Crippen molar-refractivity contribution in [2.75, 3.05) is 24.5 Å². The van der Waals surface area contributed by atoms with E-state index in [2.05, 4.69) is 19.6 Å². The quantitative estimate of drug-likeness (QED) is 0.746. The minimum atomic E-state index is -3.72. The molecule has 24 heavy (non-hydrogen) atoms. The third-order valence-electron chi connectivity index (χ3n) is 3.66. The van der Waals surface area contributed by atoms with Gasteiger partial charge in [0.1, 0.15) is 10.0 Å². The number of nitrogens with zero attached hydrogens (tertiary/aromatic N) is 3. The Morgan fingerprint density at radius 3 is 2.67 bits per heavy atom. The van der Waals surface area contributed by atoms with Gasteiger partial charge in [-0.25, -0.2) is 23.1 Å². The molecule has 3 rings (SSSR count). The summed E-state index contributed by atoms with van der Waals surface area (Å²) in [4.78, 5) is 10.5. The van der Waals surface area contributed by atoms with Crippen LogP contribution in [-0.4, -0.2) is 38.0 Å². The van der Waals surface area contributed by atoms with E-state index in [1.165, 1.54) is 25.0 Å².